The van der Waals surface area contributed by atoms with E-state index in [2.05, 4.69) is 0 Å². The Morgan fingerprint density at radius 1 is 1.08 bits per heavy atom. The van der Waals surface area contributed by atoms with E-state index in [1.54, 1.807) is 25.1 Å². The van der Waals surface area contributed by atoms with Gasteiger partial charge in [-0.25, -0.2) is 13.2 Å². The second-order valence-electron chi connectivity index (χ2n) is 2.59. The van der Waals surface area contributed by atoms with Crippen LogP contribution < -0.4 is 0 Å². The van der Waals surface area contributed by atoms with Crippen molar-refractivity contribution in [3.8, 4) is 0 Å². The fraction of sp³-hybridized carbons (Fsp3) is 0.333. The van der Waals surface area contributed by atoms with Crippen LogP contribution >= 0.6 is 0 Å². The first-order valence-electron chi connectivity index (χ1n) is 3.60. The van der Waals surface area contributed by atoms with Crippen molar-refractivity contribution in [3.05, 3.63) is 35.4 Å². The van der Waals surface area contributed by atoms with Crippen molar-refractivity contribution in [2.45, 2.75) is 19.5 Å². The summed E-state index contributed by atoms with van der Waals surface area (Å²) < 4.78 is 36.6. The summed E-state index contributed by atoms with van der Waals surface area (Å²) in [5.41, 5.74) is 0.637. The van der Waals surface area contributed by atoms with Gasteiger partial charge in [-0.2, -0.15) is 0 Å². The highest BCUT2D eigenvalue weighted by Gasteiger charge is 2.22. The molecule has 0 amide bonds. The lowest BCUT2D eigenvalue weighted by Crippen LogP contribution is -2.04. The number of hydrogen-bond acceptors (Lipinski definition) is 0. The lowest BCUT2D eigenvalue weighted by Gasteiger charge is -2.09. The summed E-state index contributed by atoms with van der Waals surface area (Å²) in [4.78, 5) is 0. The first-order valence-corrected chi connectivity index (χ1v) is 3.60. The van der Waals surface area contributed by atoms with Crippen molar-refractivity contribution in [1.82, 2.24) is 0 Å². The Balaban J connectivity index is 2.94. The summed E-state index contributed by atoms with van der Waals surface area (Å²) in [7, 11) is 0. The van der Waals surface area contributed by atoms with Gasteiger partial charge >= 0.3 is 0 Å². The van der Waals surface area contributed by atoms with Crippen LogP contribution in [0.4, 0.5) is 13.2 Å². The Hall–Kier alpha value is -0.990. The largest absolute Gasteiger partial charge is 0.273 e. The van der Waals surface area contributed by atoms with Gasteiger partial charge in [-0.3, -0.25) is 0 Å². The molecule has 1 unspecified atom stereocenters. The molecule has 12 heavy (non-hydrogen) atoms. The summed E-state index contributed by atoms with van der Waals surface area (Å²) in [6.07, 6.45) is -5.10. The molecule has 0 aliphatic rings. The van der Waals surface area contributed by atoms with E-state index >= 15 is 0 Å². The average molecular weight is 174 g/mol. The molecule has 1 atom stereocenters. The molecule has 0 nitrogen and oxygen atoms in total. The zero-order valence-corrected chi connectivity index (χ0v) is 6.60. The molecule has 0 aromatic heterocycles. The predicted molar refractivity (Wildman–Crippen MR) is 41.0 cm³/mol. The minimum absolute atomic E-state index is 0.0764. The maximum Gasteiger partial charge on any atom is 0.273 e. The molecule has 1 aromatic rings. The lowest BCUT2D eigenvalue weighted by atomic mass is 10.1. The topological polar surface area (TPSA) is 0 Å². The van der Waals surface area contributed by atoms with Crippen molar-refractivity contribution in [3.63, 3.8) is 0 Å². The lowest BCUT2D eigenvalue weighted by molar-refractivity contribution is 0.0492. The van der Waals surface area contributed by atoms with E-state index in [0.717, 1.165) is 0 Å². The number of aryl methyl sites for hydroxylation is 1. The third-order valence-electron chi connectivity index (χ3n) is 1.71. The number of alkyl halides is 3. The second kappa shape index (κ2) is 3.61. The van der Waals surface area contributed by atoms with Crippen LogP contribution in [0, 0.1) is 6.92 Å². The van der Waals surface area contributed by atoms with Gasteiger partial charge in [-0.15, -0.1) is 0 Å². The maximum atomic E-state index is 12.8. The van der Waals surface area contributed by atoms with Crippen LogP contribution in [0.2, 0.25) is 0 Å². The van der Waals surface area contributed by atoms with Gasteiger partial charge in [0.1, 0.15) is 0 Å². The Morgan fingerprint density at radius 2 is 1.67 bits per heavy atom. The van der Waals surface area contributed by atoms with Crippen LogP contribution in [0.1, 0.15) is 17.3 Å². The fourth-order valence-corrected chi connectivity index (χ4v) is 1.03. The number of halogens is 3. The minimum Gasteiger partial charge on any atom is -0.236 e. The van der Waals surface area contributed by atoms with Crippen LogP contribution in [0.15, 0.2) is 24.3 Å². The van der Waals surface area contributed by atoms with E-state index in [1.165, 1.54) is 6.07 Å². The first-order chi connectivity index (χ1) is 5.63. The van der Waals surface area contributed by atoms with Gasteiger partial charge in [0.15, 0.2) is 6.17 Å². The van der Waals surface area contributed by atoms with Crippen LogP contribution in [-0.2, 0) is 0 Å². The molecular formula is C9H9F3. The molecular weight excluding hydrogens is 165 g/mol. The summed E-state index contributed by atoms with van der Waals surface area (Å²) >= 11 is 0. The quantitative estimate of drug-likeness (QED) is 0.645. The van der Waals surface area contributed by atoms with Gasteiger partial charge in [0.25, 0.3) is 6.43 Å². The van der Waals surface area contributed by atoms with Crippen LogP contribution in [0.3, 0.4) is 0 Å². The molecule has 0 bridgehead atoms. The molecule has 0 heterocycles. The molecule has 0 fully saturated rings. The van der Waals surface area contributed by atoms with E-state index in [1.807, 2.05) is 0 Å². The first kappa shape index (κ1) is 9.10. The smallest absolute Gasteiger partial charge is 0.236 e. The second-order valence-corrected chi connectivity index (χ2v) is 2.59. The Labute approximate surface area is 69.0 Å². The highest BCUT2D eigenvalue weighted by molar-refractivity contribution is 5.27. The van der Waals surface area contributed by atoms with Gasteiger partial charge in [-0.05, 0) is 18.1 Å². The third-order valence-corrected chi connectivity index (χ3v) is 1.71. The molecule has 0 aliphatic carbocycles. The third kappa shape index (κ3) is 1.78. The van der Waals surface area contributed by atoms with Gasteiger partial charge in [0.2, 0.25) is 0 Å². The fourth-order valence-electron chi connectivity index (χ4n) is 1.03. The summed E-state index contributed by atoms with van der Waals surface area (Å²) in [6, 6.07) is 6.24. The summed E-state index contributed by atoms with van der Waals surface area (Å²) in [6.45, 7) is 1.62. The molecule has 3 heteroatoms. The van der Waals surface area contributed by atoms with Crippen molar-refractivity contribution in [2.75, 3.05) is 0 Å². The molecule has 66 valence electrons. The van der Waals surface area contributed by atoms with E-state index < -0.39 is 12.6 Å². The van der Waals surface area contributed by atoms with E-state index in [-0.39, 0.29) is 5.56 Å². The Bertz CT molecular complexity index is 258. The number of benzene rings is 1. The molecule has 0 radical (unpaired) electrons. The molecule has 0 saturated carbocycles. The van der Waals surface area contributed by atoms with E-state index in [9.17, 15) is 13.2 Å². The van der Waals surface area contributed by atoms with E-state index in [0.29, 0.717) is 5.56 Å². The average Bonchev–Trinajstić information content (AvgIpc) is 2.04. The van der Waals surface area contributed by atoms with Gasteiger partial charge < -0.3 is 0 Å². The summed E-state index contributed by atoms with van der Waals surface area (Å²) in [5.74, 6) is 0. The van der Waals surface area contributed by atoms with E-state index in [4.69, 9.17) is 0 Å². The van der Waals surface area contributed by atoms with Gasteiger partial charge in [0.05, 0.1) is 0 Å². The molecule has 1 aromatic carbocycles. The van der Waals surface area contributed by atoms with Crippen molar-refractivity contribution >= 4 is 0 Å². The standard InChI is InChI=1S/C9H9F3/c1-6-4-2-3-5-7(6)8(10)9(11)12/h2-5,8-9H,1H3. The normalized spacial score (nSPS) is 13.4. The molecule has 0 saturated heterocycles. The molecule has 0 aliphatic heterocycles. The van der Waals surface area contributed by atoms with Gasteiger partial charge in [-0.1, -0.05) is 24.3 Å². The highest BCUT2D eigenvalue weighted by Crippen LogP contribution is 2.26. The number of hydrogen-bond donors (Lipinski definition) is 0. The summed E-state index contributed by atoms with van der Waals surface area (Å²) in [5, 5.41) is 0. The van der Waals surface area contributed by atoms with Crippen molar-refractivity contribution in [2.24, 2.45) is 0 Å². The van der Waals surface area contributed by atoms with Crippen LogP contribution in [-0.4, -0.2) is 6.43 Å². The zero-order chi connectivity index (χ0) is 9.14. The highest BCUT2D eigenvalue weighted by atomic mass is 19.3. The predicted octanol–water partition coefficient (Wildman–Crippen LogP) is 3.27. The van der Waals surface area contributed by atoms with Crippen molar-refractivity contribution < 1.29 is 13.2 Å². The maximum absolute atomic E-state index is 12.8. The van der Waals surface area contributed by atoms with Gasteiger partial charge in [0, 0.05) is 0 Å². The molecule has 0 spiro atoms. The SMILES string of the molecule is Cc1ccccc1C(F)C(F)F. The Morgan fingerprint density at radius 3 is 2.17 bits per heavy atom. The molecule has 0 N–H and O–H groups in total. The molecule has 1 rings (SSSR count). The van der Waals surface area contributed by atoms with Crippen LogP contribution in [0.25, 0.3) is 0 Å². The van der Waals surface area contributed by atoms with Crippen molar-refractivity contribution in [1.29, 1.82) is 0 Å². The van der Waals surface area contributed by atoms with Crippen LogP contribution in [0.5, 0.6) is 0 Å². The monoisotopic (exact) mass is 174 g/mol. The minimum atomic E-state index is -2.94. The number of rotatable bonds is 2. The zero-order valence-electron chi connectivity index (χ0n) is 6.60. The Kier molecular flexibility index (Phi) is 2.74.